The third-order valence-electron chi connectivity index (χ3n) is 2.82. The molecular formula is C12H15N3O4S. The first-order valence-corrected chi connectivity index (χ1v) is 7.35. The molecule has 1 heterocycles. The number of carboxylic acid groups (broad SMARTS) is 1. The van der Waals surface area contributed by atoms with E-state index in [0.717, 1.165) is 10.5 Å². The summed E-state index contributed by atoms with van der Waals surface area (Å²) >= 11 is 0. The second kappa shape index (κ2) is 6.45. The minimum Gasteiger partial charge on any atom is -0.480 e. The Labute approximate surface area is 117 Å². The lowest BCUT2D eigenvalue weighted by molar-refractivity contribution is -0.137. The number of pyridine rings is 1. The average molecular weight is 297 g/mol. The number of hydrogen-bond acceptors (Lipinski definition) is 5. The predicted molar refractivity (Wildman–Crippen MR) is 70.2 cm³/mol. The van der Waals surface area contributed by atoms with Gasteiger partial charge in [0.15, 0.2) is 0 Å². The van der Waals surface area contributed by atoms with Crippen LogP contribution in [0, 0.1) is 11.3 Å². The standard InChI is InChI=1S/C12H15N3O4S/c1-3-9(2)15(8-12(16)17)20(18,19)11-4-10(5-13)6-14-7-11/h4,6-7,9H,3,8H2,1-2H3,(H,16,17). The fourth-order valence-electron chi connectivity index (χ4n) is 1.57. The number of carbonyl (C=O) groups is 1. The molecule has 1 rings (SSSR count). The first-order valence-electron chi connectivity index (χ1n) is 5.91. The van der Waals surface area contributed by atoms with Crippen LogP contribution in [0.4, 0.5) is 0 Å². The zero-order chi connectivity index (χ0) is 15.3. The van der Waals surface area contributed by atoms with E-state index in [1.165, 1.54) is 12.3 Å². The van der Waals surface area contributed by atoms with Gasteiger partial charge in [0.25, 0.3) is 0 Å². The van der Waals surface area contributed by atoms with Gasteiger partial charge >= 0.3 is 5.97 Å². The molecule has 0 aliphatic rings. The Morgan fingerprint density at radius 1 is 1.55 bits per heavy atom. The predicted octanol–water partition coefficient (Wildman–Crippen LogP) is 0.827. The molecule has 1 atom stereocenters. The van der Waals surface area contributed by atoms with Crippen LogP contribution in [0.15, 0.2) is 23.4 Å². The molecule has 0 aliphatic carbocycles. The number of hydrogen-bond donors (Lipinski definition) is 1. The molecule has 0 saturated carbocycles. The van der Waals surface area contributed by atoms with E-state index in [0.29, 0.717) is 6.42 Å². The smallest absolute Gasteiger partial charge is 0.318 e. The first kappa shape index (κ1) is 16.1. The Balaban J connectivity index is 3.28. The molecule has 1 unspecified atom stereocenters. The molecule has 0 amide bonds. The van der Waals surface area contributed by atoms with Gasteiger partial charge in [0.05, 0.1) is 5.56 Å². The van der Waals surface area contributed by atoms with Crippen molar-refractivity contribution < 1.29 is 18.3 Å². The van der Waals surface area contributed by atoms with Crippen LogP contribution in [0.25, 0.3) is 0 Å². The van der Waals surface area contributed by atoms with Crippen LogP contribution < -0.4 is 0 Å². The van der Waals surface area contributed by atoms with Gasteiger partial charge in [-0.15, -0.1) is 0 Å². The maximum Gasteiger partial charge on any atom is 0.318 e. The lowest BCUT2D eigenvalue weighted by atomic mass is 10.2. The Morgan fingerprint density at radius 2 is 2.20 bits per heavy atom. The average Bonchev–Trinajstić information content (AvgIpc) is 2.43. The number of aliphatic carboxylic acids is 1. The molecule has 0 spiro atoms. The molecule has 108 valence electrons. The summed E-state index contributed by atoms with van der Waals surface area (Å²) in [6.45, 7) is 2.76. The zero-order valence-electron chi connectivity index (χ0n) is 11.1. The number of nitriles is 1. The molecule has 0 bridgehead atoms. The molecule has 7 nitrogen and oxygen atoms in total. The van der Waals surface area contributed by atoms with Crippen molar-refractivity contribution in [2.45, 2.75) is 31.2 Å². The van der Waals surface area contributed by atoms with Crippen molar-refractivity contribution in [2.24, 2.45) is 0 Å². The van der Waals surface area contributed by atoms with E-state index in [9.17, 15) is 13.2 Å². The van der Waals surface area contributed by atoms with E-state index in [4.69, 9.17) is 10.4 Å². The van der Waals surface area contributed by atoms with Crippen LogP contribution in [0.5, 0.6) is 0 Å². The zero-order valence-corrected chi connectivity index (χ0v) is 12.0. The lowest BCUT2D eigenvalue weighted by Crippen LogP contribution is -2.41. The molecule has 1 N–H and O–H groups in total. The normalized spacial score (nSPS) is 12.9. The number of sulfonamides is 1. The highest BCUT2D eigenvalue weighted by molar-refractivity contribution is 7.89. The maximum absolute atomic E-state index is 12.4. The molecule has 1 aromatic rings. The van der Waals surface area contributed by atoms with Gasteiger partial charge in [-0.05, 0) is 19.4 Å². The largest absolute Gasteiger partial charge is 0.480 e. The van der Waals surface area contributed by atoms with Gasteiger partial charge in [-0.3, -0.25) is 9.78 Å². The Bertz CT molecular complexity index is 636. The Kier molecular flexibility index (Phi) is 5.19. The molecule has 0 radical (unpaired) electrons. The summed E-state index contributed by atoms with van der Waals surface area (Å²) in [6, 6.07) is 2.51. The molecule has 0 aliphatic heterocycles. The van der Waals surface area contributed by atoms with Gasteiger partial charge in [-0.25, -0.2) is 8.42 Å². The third-order valence-corrected chi connectivity index (χ3v) is 4.75. The van der Waals surface area contributed by atoms with E-state index >= 15 is 0 Å². The fourth-order valence-corrected chi connectivity index (χ4v) is 3.22. The summed E-state index contributed by atoms with van der Waals surface area (Å²) in [7, 11) is -4.00. The SMILES string of the molecule is CCC(C)N(CC(=O)O)S(=O)(=O)c1cncc(C#N)c1. The highest BCUT2D eigenvalue weighted by atomic mass is 32.2. The second-order valence-electron chi connectivity index (χ2n) is 4.22. The summed E-state index contributed by atoms with van der Waals surface area (Å²) < 4.78 is 25.8. The third kappa shape index (κ3) is 3.53. The van der Waals surface area contributed by atoms with Crippen LogP contribution in [-0.4, -0.2) is 41.4 Å². The first-order chi connectivity index (χ1) is 9.32. The van der Waals surface area contributed by atoms with E-state index in [1.54, 1.807) is 19.9 Å². The minimum atomic E-state index is -4.00. The molecular weight excluding hydrogens is 282 g/mol. The highest BCUT2D eigenvalue weighted by Crippen LogP contribution is 2.19. The van der Waals surface area contributed by atoms with Crippen molar-refractivity contribution >= 4 is 16.0 Å². The molecule has 1 aromatic heterocycles. The minimum absolute atomic E-state index is 0.102. The lowest BCUT2D eigenvalue weighted by Gasteiger charge is -2.25. The maximum atomic E-state index is 12.4. The number of carboxylic acids is 1. The molecule has 8 heteroatoms. The van der Waals surface area contributed by atoms with Gasteiger partial charge in [-0.2, -0.15) is 9.57 Å². The van der Waals surface area contributed by atoms with Crippen LogP contribution in [0.3, 0.4) is 0 Å². The van der Waals surface area contributed by atoms with Gasteiger partial charge in [-0.1, -0.05) is 6.92 Å². The van der Waals surface area contributed by atoms with Crippen LogP contribution in [-0.2, 0) is 14.8 Å². The van der Waals surface area contributed by atoms with Crippen LogP contribution >= 0.6 is 0 Å². The molecule has 0 fully saturated rings. The number of nitrogens with zero attached hydrogens (tertiary/aromatic N) is 3. The van der Waals surface area contributed by atoms with Crippen molar-refractivity contribution in [3.05, 3.63) is 24.0 Å². The Hall–Kier alpha value is -1.98. The number of rotatable bonds is 6. The van der Waals surface area contributed by atoms with Crippen molar-refractivity contribution in [3.8, 4) is 6.07 Å². The van der Waals surface area contributed by atoms with Gasteiger partial charge < -0.3 is 5.11 Å². The highest BCUT2D eigenvalue weighted by Gasteiger charge is 2.30. The second-order valence-corrected chi connectivity index (χ2v) is 6.11. The van der Waals surface area contributed by atoms with Crippen molar-refractivity contribution in [3.63, 3.8) is 0 Å². The summed E-state index contributed by atoms with van der Waals surface area (Å²) in [5.74, 6) is -1.24. The van der Waals surface area contributed by atoms with E-state index in [-0.39, 0.29) is 10.5 Å². The molecule has 0 saturated heterocycles. The van der Waals surface area contributed by atoms with Gasteiger partial charge in [0.1, 0.15) is 17.5 Å². The summed E-state index contributed by atoms with van der Waals surface area (Å²) in [6.07, 6.45) is 2.81. The Morgan fingerprint density at radius 3 is 2.70 bits per heavy atom. The quantitative estimate of drug-likeness (QED) is 0.832. The fraction of sp³-hybridized carbons (Fsp3) is 0.417. The topological polar surface area (TPSA) is 111 Å². The monoisotopic (exact) mass is 297 g/mol. The van der Waals surface area contributed by atoms with E-state index in [1.807, 2.05) is 0 Å². The summed E-state index contributed by atoms with van der Waals surface area (Å²) in [5.41, 5.74) is 0.102. The van der Waals surface area contributed by atoms with Crippen LogP contribution in [0.2, 0.25) is 0 Å². The van der Waals surface area contributed by atoms with E-state index < -0.39 is 28.6 Å². The van der Waals surface area contributed by atoms with Gasteiger partial charge in [0, 0.05) is 18.4 Å². The van der Waals surface area contributed by atoms with Crippen LogP contribution in [0.1, 0.15) is 25.8 Å². The molecule has 0 aromatic carbocycles. The van der Waals surface area contributed by atoms with Crippen molar-refractivity contribution in [1.29, 1.82) is 5.26 Å². The van der Waals surface area contributed by atoms with Crippen molar-refractivity contribution in [1.82, 2.24) is 9.29 Å². The van der Waals surface area contributed by atoms with E-state index in [2.05, 4.69) is 4.98 Å². The van der Waals surface area contributed by atoms with Crippen molar-refractivity contribution in [2.75, 3.05) is 6.54 Å². The summed E-state index contributed by atoms with van der Waals surface area (Å²) in [5, 5.41) is 17.6. The number of aromatic nitrogens is 1. The van der Waals surface area contributed by atoms with Gasteiger partial charge in [0.2, 0.25) is 10.0 Å². The summed E-state index contributed by atoms with van der Waals surface area (Å²) in [4.78, 5) is 14.4. The molecule has 20 heavy (non-hydrogen) atoms.